The molecule has 0 saturated heterocycles. The molecule has 2 amide bonds. The van der Waals surface area contributed by atoms with Crippen LogP contribution in [0.3, 0.4) is 0 Å². The highest BCUT2D eigenvalue weighted by atomic mass is 19.4. The highest BCUT2D eigenvalue weighted by Gasteiger charge is 2.30. The molecule has 0 radical (unpaired) electrons. The summed E-state index contributed by atoms with van der Waals surface area (Å²) in [5.41, 5.74) is -0.00584. The SMILES string of the molecule is CC(C(=O)N(C)CC(=O)Nc1cnn(-c2ccc(C(F)(F)F)cc2)c1)n1cccn1. The van der Waals surface area contributed by atoms with Gasteiger partial charge in [-0.2, -0.15) is 23.4 Å². The van der Waals surface area contributed by atoms with E-state index in [9.17, 15) is 22.8 Å². The van der Waals surface area contributed by atoms with Gasteiger partial charge in [0.2, 0.25) is 11.8 Å². The van der Waals surface area contributed by atoms with Gasteiger partial charge in [-0.25, -0.2) is 4.68 Å². The van der Waals surface area contributed by atoms with E-state index >= 15 is 0 Å². The Hall–Kier alpha value is -3.63. The standard InChI is InChI=1S/C19H19F3N6O2/c1-13(27-9-3-8-23-27)18(30)26(2)12-17(29)25-15-10-24-28(11-15)16-6-4-14(5-7-16)19(20,21)22/h3-11,13H,12H2,1-2H3,(H,25,29). The summed E-state index contributed by atoms with van der Waals surface area (Å²) in [6, 6.07) is 5.62. The molecule has 0 saturated carbocycles. The van der Waals surface area contributed by atoms with Crippen molar-refractivity contribution in [2.24, 2.45) is 0 Å². The lowest BCUT2D eigenvalue weighted by atomic mass is 10.2. The van der Waals surface area contributed by atoms with Gasteiger partial charge in [-0.3, -0.25) is 14.3 Å². The molecule has 2 aromatic heterocycles. The summed E-state index contributed by atoms with van der Waals surface area (Å²) in [6.45, 7) is 1.49. The number of hydrogen-bond acceptors (Lipinski definition) is 4. The number of nitrogens with one attached hydrogen (secondary N) is 1. The molecule has 1 unspecified atom stereocenters. The van der Waals surface area contributed by atoms with Gasteiger partial charge in [0.15, 0.2) is 0 Å². The predicted molar refractivity (Wildman–Crippen MR) is 102 cm³/mol. The molecule has 0 bridgehead atoms. The fraction of sp³-hybridized carbons (Fsp3) is 0.263. The molecule has 30 heavy (non-hydrogen) atoms. The van der Waals surface area contributed by atoms with Gasteiger partial charge in [-0.05, 0) is 37.3 Å². The second-order valence-corrected chi connectivity index (χ2v) is 6.62. The summed E-state index contributed by atoms with van der Waals surface area (Å²) < 4.78 is 40.8. The average molecular weight is 420 g/mol. The Labute approximate surface area is 169 Å². The molecule has 1 atom stereocenters. The van der Waals surface area contributed by atoms with E-state index in [0.29, 0.717) is 11.4 Å². The van der Waals surface area contributed by atoms with E-state index in [-0.39, 0.29) is 12.5 Å². The van der Waals surface area contributed by atoms with Gasteiger partial charge >= 0.3 is 6.18 Å². The Balaban J connectivity index is 1.59. The molecule has 1 N–H and O–H groups in total. The zero-order valence-electron chi connectivity index (χ0n) is 16.2. The number of anilines is 1. The normalized spacial score (nSPS) is 12.4. The second kappa shape index (κ2) is 8.39. The van der Waals surface area contributed by atoms with E-state index in [1.54, 1.807) is 25.4 Å². The zero-order chi connectivity index (χ0) is 21.9. The van der Waals surface area contributed by atoms with Gasteiger partial charge in [-0.1, -0.05) is 0 Å². The fourth-order valence-corrected chi connectivity index (χ4v) is 2.77. The van der Waals surface area contributed by atoms with Crippen molar-refractivity contribution in [2.45, 2.75) is 19.1 Å². The number of amides is 2. The van der Waals surface area contributed by atoms with Crippen molar-refractivity contribution in [3.05, 3.63) is 60.7 Å². The summed E-state index contributed by atoms with van der Waals surface area (Å²) >= 11 is 0. The summed E-state index contributed by atoms with van der Waals surface area (Å²) in [4.78, 5) is 25.9. The Morgan fingerprint density at radius 2 is 1.90 bits per heavy atom. The van der Waals surface area contributed by atoms with Gasteiger partial charge in [0.05, 0.1) is 35.9 Å². The van der Waals surface area contributed by atoms with Crippen LogP contribution in [-0.4, -0.2) is 49.9 Å². The monoisotopic (exact) mass is 420 g/mol. The first kappa shape index (κ1) is 21.1. The van der Waals surface area contributed by atoms with Crippen molar-refractivity contribution >= 4 is 17.5 Å². The number of carbonyl (C=O) groups excluding carboxylic acids is 2. The van der Waals surface area contributed by atoms with Crippen LogP contribution in [0.5, 0.6) is 0 Å². The summed E-state index contributed by atoms with van der Waals surface area (Å²) in [7, 11) is 1.51. The maximum absolute atomic E-state index is 12.7. The molecule has 158 valence electrons. The molecule has 8 nitrogen and oxygen atoms in total. The third-order valence-corrected chi connectivity index (χ3v) is 4.36. The highest BCUT2D eigenvalue weighted by Crippen LogP contribution is 2.29. The van der Waals surface area contributed by atoms with E-state index < -0.39 is 23.7 Å². The van der Waals surface area contributed by atoms with E-state index in [0.717, 1.165) is 12.1 Å². The summed E-state index contributed by atoms with van der Waals surface area (Å²) in [6.07, 6.45) is 1.63. The van der Waals surface area contributed by atoms with E-state index in [1.807, 2.05) is 0 Å². The number of carbonyl (C=O) groups is 2. The van der Waals surface area contributed by atoms with E-state index in [2.05, 4.69) is 15.5 Å². The summed E-state index contributed by atoms with van der Waals surface area (Å²) in [5.74, 6) is -0.722. The average Bonchev–Trinajstić information content (AvgIpc) is 3.38. The van der Waals surface area contributed by atoms with Gasteiger partial charge in [0.1, 0.15) is 6.04 Å². The molecular weight excluding hydrogens is 401 g/mol. The van der Waals surface area contributed by atoms with E-state index in [1.165, 1.54) is 45.8 Å². The number of halogens is 3. The van der Waals surface area contributed by atoms with Gasteiger partial charge in [-0.15, -0.1) is 0 Å². The number of nitrogens with zero attached hydrogens (tertiary/aromatic N) is 5. The van der Waals surface area contributed by atoms with Crippen molar-refractivity contribution in [3.63, 3.8) is 0 Å². The van der Waals surface area contributed by atoms with E-state index in [4.69, 9.17) is 0 Å². The number of likely N-dealkylation sites (N-methyl/N-ethyl adjacent to an activating group) is 1. The molecule has 0 fully saturated rings. The van der Waals surface area contributed by atoms with Crippen LogP contribution in [0, 0.1) is 0 Å². The van der Waals surface area contributed by atoms with Crippen LogP contribution in [0.1, 0.15) is 18.5 Å². The minimum absolute atomic E-state index is 0.185. The highest BCUT2D eigenvalue weighted by molar-refractivity contribution is 5.94. The van der Waals surface area contributed by atoms with Crippen molar-refractivity contribution in [2.75, 3.05) is 18.9 Å². The van der Waals surface area contributed by atoms with Gasteiger partial charge in [0, 0.05) is 19.4 Å². The second-order valence-electron chi connectivity index (χ2n) is 6.62. The lowest BCUT2D eigenvalue weighted by Gasteiger charge is -2.21. The number of hydrogen-bond donors (Lipinski definition) is 1. The van der Waals surface area contributed by atoms with Crippen LogP contribution >= 0.6 is 0 Å². The van der Waals surface area contributed by atoms with Crippen LogP contribution in [0.15, 0.2) is 55.1 Å². The minimum Gasteiger partial charge on any atom is -0.335 e. The van der Waals surface area contributed by atoms with Crippen molar-refractivity contribution < 1.29 is 22.8 Å². The Morgan fingerprint density at radius 3 is 2.50 bits per heavy atom. The first-order valence-corrected chi connectivity index (χ1v) is 8.91. The first-order chi connectivity index (χ1) is 14.1. The molecule has 3 rings (SSSR count). The third-order valence-electron chi connectivity index (χ3n) is 4.36. The van der Waals surface area contributed by atoms with Crippen molar-refractivity contribution in [1.29, 1.82) is 0 Å². The number of alkyl halides is 3. The molecule has 0 aliphatic rings. The number of rotatable bonds is 6. The van der Waals surface area contributed by atoms with Crippen LogP contribution < -0.4 is 5.32 Å². The number of aromatic nitrogens is 4. The predicted octanol–water partition coefficient (Wildman–Crippen LogP) is 2.75. The zero-order valence-corrected chi connectivity index (χ0v) is 16.2. The minimum atomic E-state index is -4.42. The van der Waals surface area contributed by atoms with Crippen LogP contribution in [0.25, 0.3) is 5.69 Å². The van der Waals surface area contributed by atoms with Crippen molar-refractivity contribution in [1.82, 2.24) is 24.5 Å². The molecule has 0 aliphatic heterocycles. The molecule has 0 spiro atoms. The molecule has 3 aromatic rings. The maximum Gasteiger partial charge on any atom is 0.416 e. The third kappa shape index (κ3) is 4.85. The molecule has 1 aromatic carbocycles. The fourth-order valence-electron chi connectivity index (χ4n) is 2.77. The lowest BCUT2D eigenvalue weighted by Crippen LogP contribution is -2.38. The molecular formula is C19H19F3N6O2. The topological polar surface area (TPSA) is 85.0 Å². The Kier molecular flexibility index (Phi) is 5.90. The van der Waals surface area contributed by atoms with Crippen LogP contribution in [-0.2, 0) is 15.8 Å². The van der Waals surface area contributed by atoms with Gasteiger partial charge < -0.3 is 10.2 Å². The Bertz CT molecular complexity index is 1010. The molecule has 0 aliphatic carbocycles. The Morgan fingerprint density at radius 1 is 1.20 bits per heavy atom. The molecule has 2 heterocycles. The smallest absolute Gasteiger partial charge is 0.335 e. The quantitative estimate of drug-likeness (QED) is 0.665. The van der Waals surface area contributed by atoms with Crippen molar-refractivity contribution in [3.8, 4) is 5.69 Å². The lowest BCUT2D eigenvalue weighted by molar-refractivity contribution is -0.137. The van der Waals surface area contributed by atoms with Gasteiger partial charge in [0.25, 0.3) is 0 Å². The largest absolute Gasteiger partial charge is 0.416 e. The first-order valence-electron chi connectivity index (χ1n) is 8.91. The number of benzene rings is 1. The van der Waals surface area contributed by atoms with Crippen LogP contribution in [0.4, 0.5) is 18.9 Å². The molecule has 11 heteroatoms. The van der Waals surface area contributed by atoms with Crippen LogP contribution in [0.2, 0.25) is 0 Å². The maximum atomic E-state index is 12.7. The summed E-state index contributed by atoms with van der Waals surface area (Å²) in [5, 5.41) is 10.7.